The highest BCUT2D eigenvalue weighted by Crippen LogP contribution is 2.48. The van der Waals surface area contributed by atoms with Crippen LogP contribution in [0.1, 0.15) is 29.6 Å². The molecule has 1 aromatic rings. The molecule has 1 aliphatic carbocycles. The third-order valence-electron chi connectivity index (χ3n) is 3.29. The number of rotatable bonds is 6. The van der Waals surface area contributed by atoms with Crippen LogP contribution in [0.2, 0.25) is 0 Å². The van der Waals surface area contributed by atoms with Crippen molar-refractivity contribution in [2.75, 3.05) is 18.5 Å². The van der Waals surface area contributed by atoms with E-state index in [2.05, 4.69) is 10.3 Å². The topological polar surface area (TPSA) is 88.2 Å². The van der Waals surface area contributed by atoms with Gasteiger partial charge in [-0.25, -0.2) is 4.98 Å². The van der Waals surface area contributed by atoms with Crippen LogP contribution in [-0.2, 0) is 0 Å². The Balaban J connectivity index is 1.89. The Labute approximate surface area is 100 Å². The summed E-state index contributed by atoms with van der Waals surface area (Å²) in [6.45, 7) is 1.05. The molecule has 0 spiro atoms. The van der Waals surface area contributed by atoms with Crippen molar-refractivity contribution in [1.29, 1.82) is 0 Å². The normalized spacial score (nSPS) is 16.5. The van der Waals surface area contributed by atoms with E-state index in [-0.39, 0.29) is 12.0 Å². The van der Waals surface area contributed by atoms with Crippen LogP contribution in [0.3, 0.4) is 0 Å². The van der Waals surface area contributed by atoms with E-state index in [0.717, 1.165) is 31.6 Å². The van der Waals surface area contributed by atoms with Gasteiger partial charge in [-0.1, -0.05) is 0 Å². The summed E-state index contributed by atoms with van der Waals surface area (Å²) in [6, 6.07) is 3.40. The average molecular weight is 235 g/mol. The van der Waals surface area contributed by atoms with Gasteiger partial charge in [0.15, 0.2) is 0 Å². The van der Waals surface area contributed by atoms with Crippen LogP contribution in [0.25, 0.3) is 0 Å². The molecule has 1 saturated carbocycles. The van der Waals surface area contributed by atoms with Gasteiger partial charge >= 0.3 is 0 Å². The highest BCUT2D eigenvalue weighted by atomic mass is 16.3. The number of aliphatic hydroxyl groups excluding tert-OH is 1. The maximum Gasteiger partial charge on any atom is 0.250 e. The minimum atomic E-state index is -0.469. The summed E-state index contributed by atoms with van der Waals surface area (Å²) in [5, 5.41) is 12.2. The van der Waals surface area contributed by atoms with Gasteiger partial charge in [0.05, 0.1) is 5.56 Å². The van der Waals surface area contributed by atoms with Crippen LogP contribution in [0.5, 0.6) is 0 Å². The van der Waals surface area contributed by atoms with Gasteiger partial charge in [-0.3, -0.25) is 4.79 Å². The van der Waals surface area contributed by atoms with E-state index in [9.17, 15) is 4.79 Å². The van der Waals surface area contributed by atoms with Crippen molar-refractivity contribution in [2.24, 2.45) is 11.1 Å². The molecule has 1 fully saturated rings. The van der Waals surface area contributed by atoms with Gasteiger partial charge < -0.3 is 16.2 Å². The first-order valence-corrected chi connectivity index (χ1v) is 5.76. The quantitative estimate of drug-likeness (QED) is 0.679. The van der Waals surface area contributed by atoms with E-state index in [1.165, 1.54) is 6.20 Å². The number of nitrogens with two attached hydrogens (primary N) is 1. The second-order valence-corrected chi connectivity index (χ2v) is 4.62. The molecule has 5 nitrogen and oxygen atoms in total. The van der Waals surface area contributed by atoms with Crippen molar-refractivity contribution < 1.29 is 9.90 Å². The number of pyridine rings is 1. The highest BCUT2D eigenvalue weighted by molar-refractivity contribution is 5.92. The van der Waals surface area contributed by atoms with Crippen LogP contribution in [0.4, 0.5) is 5.82 Å². The molecule has 1 amide bonds. The SMILES string of the molecule is NC(=O)c1ccc(NCC2(CCO)CC2)nc1. The first-order chi connectivity index (χ1) is 8.15. The molecular weight excluding hydrogens is 218 g/mol. The third-order valence-corrected chi connectivity index (χ3v) is 3.29. The Kier molecular flexibility index (Phi) is 3.28. The van der Waals surface area contributed by atoms with Crippen molar-refractivity contribution in [1.82, 2.24) is 4.98 Å². The summed E-state index contributed by atoms with van der Waals surface area (Å²) in [6.07, 6.45) is 4.61. The van der Waals surface area contributed by atoms with Crippen molar-refractivity contribution in [3.63, 3.8) is 0 Å². The average Bonchev–Trinajstić information content (AvgIpc) is 3.08. The van der Waals surface area contributed by atoms with Crippen molar-refractivity contribution in [3.8, 4) is 0 Å². The molecule has 0 saturated heterocycles. The lowest BCUT2D eigenvalue weighted by Gasteiger charge is -2.14. The Bertz CT molecular complexity index is 399. The Hall–Kier alpha value is -1.62. The van der Waals surface area contributed by atoms with Gasteiger partial charge in [0.1, 0.15) is 5.82 Å². The molecule has 1 aliphatic rings. The number of carbonyl (C=O) groups excluding carboxylic acids is 1. The van der Waals surface area contributed by atoms with Crippen molar-refractivity contribution in [2.45, 2.75) is 19.3 Å². The largest absolute Gasteiger partial charge is 0.396 e. The number of anilines is 1. The third kappa shape index (κ3) is 2.94. The van der Waals surface area contributed by atoms with Crippen LogP contribution in [0, 0.1) is 5.41 Å². The zero-order valence-corrected chi connectivity index (χ0v) is 9.65. The lowest BCUT2D eigenvalue weighted by molar-refractivity contribution is 0.1000. The summed E-state index contributed by atoms with van der Waals surface area (Å²) in [5.41, 5.74) is 5.79. The number of nitrogens with zero attached hydrogens (tertiary/aromatic N) is 1. The van der Waals surface area contributed by atoms with E-state index in [0.29, 0.717) is 5.56 Å². The summed E-state index contributed by atoms with van der Waals surface area (Å²) < 4.78 is 0. The fourth-order valence-corrected chi connectivity index (χ4v) is 1.85. The van der Waals surface area contributed by atoms with Crippen LogP contribution in [0.15, 0.2) is 18.3 Å². The molecule has 0 aliphatic heterocycles. The van der Waals surface area contributed by atoms with Crippen molar-refractivity contribution >= 4 is 11.7 Å². The predicted molar refractivity (Wildman–Crippen MR) is 64.6 cm³/mol. The lowest BCUT2D eigenvalue weighted by atomic mass is 10.0. The van der Waals surface area contributed by atoms with Gasteiger partial charge in [0.25, 0.3) is 0 Å². The Morgan fingerprint density at radius 2 is 2.29 bits per heavy atom. The highest BCUT2D eigenvalue weighted by Gasteiger charge is 2.41. The number of carbonyl (C=O) groups is 1. The van der Waals surface area contributed by atoms with E-state index in [4.69, 9.17) is 10.8 Å². The molecule has 0 unspecified atom stereocenters. The molecule has 1 aromatic heterocycles. The number of aromatic nitrogens is 1. The van der Waals surface area contributed by atoms with Gasteiger partial charge in [-0.05, 0) is 36.8 Å². The van der Waals surface area contributed by atoms with E-state index in [1.807, 2.05) is 0 Å². The fourth-order valence-electron chi connectivity index (χ4n) is 1.85. The predicted octanol–water partition coefficient (Wildman–Crippen LogP) is 0.755. The van der Waals surface area contributed by atoms with Crippen LogP contribution in [-0.4, -0.2) is 29.1 Å². The first-order valence-electron chi connectivity index (χ1n) is 5.76. The molecule has 92 valence electrons. The van der Waals surface area contributed by atoms with Gasteiger partial charge in [-0.15, -0.1) is 0 Å². The molecule has 0 bridgehead atoms. The number of hydrogen-bond donors (Lipinski definition) is 3. The fraction of sp³-hybridized carbons (Fsp3) is 0.500. The molecular formula is C12H17N3O2. The number of hydrogen-bond acceptors (Lipinski definition) is 4. The first kappa shape index (κ1) is 11.9. The molecule has 4 N–H and O–H groups in total. The summed E-state index contributed by atoms with van der Waals surface area (Å²) in [5.74, 6) is 0.266. The minimum Gasteiger partial charge on any atom is -0.396 e. The smallest absolute Gasteiger partial charge is 0.250 e. The van der Waals surface area contributed by atoms with Crippen molar-refractivity contribution in [3.05, 3.63) is 23.9 Å². The van der Waals surface area contributed by atoms with Gasteiger partial charge in [0.2, 0.25) is 5.91 Å². The molecule has 2 rings (SSSR count). The summed E-state index contributed by atoms with van der Waals surface area (Å²) in [4.78, 5) is 15.0. The van der Waals surface area contributed by atoms with Crippen LogP contribution < -0.4 is 11.1 Å². The second-order valence-electron chi connectivity index (χ2n) is 4.62. The maximum atomic E-state index is 10.9. The number of aliphatic hydroxyl groups is 1. The van der Waals surface area contributed by atoms with Crippen LogP contribution >= 0.6 is 0 Å². The molecule has 0 radical (unpaired) electrons. The molecule has 5 heteroatoms. The van der Waals surface area contributed by atoms with E-state index >= 15 is 0 Å². The number of nitrogens with one attached hydrogen (secondary N) is 1. The van der Waals surface area contributed by atoms with E-state index < -0.39 is 5.91 Å². The Morgan fingerprint density at radius 1 is 1.53 bits per heavy atom. The molecule has 0 aromatic carbocycles. The molecule has 17 heavy (non-hydrogen) atoms. The lowest BCUT2D eigenvalue weighted by Crippen LogP contribution is -2.17. The standard InChI is InChI=1S/C12H17N3O2/c13-11(17)9-1-2-10(14-7-9)15-8-12(3-4-12)5-6-16/h1-2,7,16H,3-6,8H2,(H2,13,17)(H,14,15). The van der Waals surface area contributed by atoms with Gasteiger partial charge in [0, 0.05) is 19.3 Å². The number of primary amides is 1. The maximum absolute atomic E-state index is 10.9. The Morgan fingerprint density at radius 3 is 2.76 bits per heavy atom. The number of amides is 1. The molecule has 1 heterocycles. The molecule has 0 atom stereocenters. The van der Waals surface area contributed by atoms with E-state index in [1.54, 1.807) is 12.1 Å². The minimum absolute atomic E-state index is 0.232. The zero-order chi connectivity index (χ0) is 12.3. The van der Waals surface area contributed by atoms with Gasteiger partial charge in [-0.2, -0.15) is 0 Å². The monoisotopic (exact) mass is 235 g/mol. The summed E-state index contributed by atoms with van der Waals surface area (Å²) >= 11 is 0. The second kappa shape index (κ2) is 4.71. The summed E-state index contributed by atoms with van der Waals surface area (Å²) in [7, 11) is 0. The zero-order valence-electron chi connectivity index (χ0n) is 9.65.